The maximum atomic E-state index is 11.9. The van der Waals surface area contributed by atoms with E-state index in [9.17, 15) is 14.4 Å². The number of ketones is 1. The predicted molar refractivity (Wildman–Crippen MR) is 67.5 cm³/mol. The minimum atomic E-state index is -0.576. The molecule has 1 aromatic rings. The first-order valence-corrected chi connectivity index (χ1v) is 6.66. The van der Waals surface area contributed by atoms with E-state index in [0.29, 0.717) is 24.5 Å². The van der Waals surface area contributed by atoms with E-state index < -0.39 is 11.8 Å². The van der Waals surface area contributed by atoms with Crippen LogP contribution in [0.3, 0.4) is 0 Å². The molecular weight excluding hydrogens is 252 g/mol. The van der Waals surface area contributed by atoms with Crippen LogP contribution in [0.2, 0.25) is 0 Å². The van der Waals surface area contributed by atoms with E-state index >= 15 is 0 Å². The molecule has 2 rings (SSSR count). The number of thiophene rings is 1. The van der Waals surface area contributed by atoms with Crippen molar-refractivity contribution in [2.45, 2.75) is 6.92 Å². The second-order valence-electron chi connectivity index (χ2n) is 4.01. The Kier molecular flexibility index (Phi) is 3.76. The van der Waals surface area contributed by atoms with Crippen molar-refractivity contribution >= 4 is 28.9 Å². The van der Waals surface area contributed by atoms with E-state index in [-0.39, 0.29) is 12.3 Å². The highest BCUT2D eigenvalue weighted by molar-refractivity contribution is 7.12. The average Bonchev–Trinajstić information content (AvgIpc) is 2.89. The van der Waals surface area contributed by atoms with Crippen LogP contribution in [0.1, 0.15) is 16.6 Å². The van der Waals surface area contributed by atoms with Gasteiger partial charge in [-0.1, -0.05) is 6.07 Å². The standard InChI is InChI=1S/C12H14N2O3S/c1-2-13-5-6-14(12(17)11(13)16)8-9(15)10-4-3-7-18-10/h3-4,7H,2,5-6,8H2,1H3. The van der Waals surface area contributed by atoms with Crippen molar-refractivity contribution in [1.29, 1.82) is 0 Å². The number of hydrogen-bond acceptors (Lipinski definition) is 4. The molecule has 0 atom stereocenters. The lowest BCUT2D eigenvalue weighted by molar-refractivity contribution is -0.155. The number of piperazine rings is 1. The zero-order valence-corrected chi connectivity index (χ0v) is 10.9. The van der Waals surface area contributed by atoms with E-state index in [1.54, 1.807) is 12.1 Å². The molecule has 0 saturated carbocycles. The Bertz CT molecular complexity index is 470. The van der Waals surface area contributed by atoms with Crippen molar-refractivity contribution in [3.05, 3.63) is 22.4 Å². The Morgan fingerprint density at radius 2 is 1.94 bits per heavy atom. The highest BCUT2D eigenvalue weighted by Crippen LogP contribution is 2.12. The Morgan fingerprint density at radius 3 is 2.56 bits per heavy atom. The number of Topliss-reactive ketones (excluding diaryl/α,β-unsaturated/α-hetero) is 1. The summed E-state index contributed by atoms with van der Waals surface area (Å²) in [6.07, 6.45) is 0. The van der Waals surface area contributed by atoms with Crippen LogP contribution in [0.15, 0.2) is 17.5 Å². The Morgan fingerprint density at radius 1 is 1.28 bits per heavy atom. The first-order chi connectivity index (χ1) is 8.63. The number of likely N-dealkylation sites (N-methyl/N-ethyl adjacent to an activating group) is 1. The molecule has 1 aromatic heterocycles. The highest BCUT2D eigenvalue weighted by atomic mass is 32.1. The molecule has 0 bridgehead atoms. The molecule has 5 nitrogen and oxygen atoms in total. The number of amides is 2. The summed E-state index contributed by atoms with van der Waals surface area (Å²) in [4.78, 5) is 38.8. The lowest BCUT2D eigenvalue weighted by atomic mass is 10.2. The first-order valence-electron chi connectivity index (χ1n) is 5.78. The normalized spacial score (nSPS) is 16.3. The monoisotopic (exact) mass is 266 g/mol. The van der Waals surface area contributed by atoms with E-state index in [1.165, 1.54) is 21.1 Å². The molecule has 0 unspecified atom stereocenters. The summed E-state index contributed by atoms with van der Waals surface area (Å²) in [6.45, 7) is 3.27. The van der Waals surface area contributed by atoms with Crippen molar-refractivity contribution in [3.63, 3.8) is 0 Å². The zero-order valence-electron chi connectivity index (χ0n) is 10.1. The van der Waals surface area contributed by atoms with Crippen molar-refractivity contribution < 1.29 is 14.4 Å². The summed E-state index contributed by atoms with van der Waals surface area (Å²) in [5.74, 6) is -1.20. The maximum Gasteiger partial charge on any atom is 0.312 e. The minimum Gasteiger partial charge on any atom is -0.333 e. The van der Waals surface area contributed by atoms with Gasteiger partial charge < -0.3 is 9.80 Å². The lowest BCUT2D eigenvalue weighted by Gasteiger charge is -2.32. The molecule has 6 heteroatoms. The van der Waals surface area contributed by atoms with Gasteiger partial charge in [-0.3, -0.25) is 14.4 Å². The van der Waals surface area contributed by atoms with Gasteiger partial charge in [-0.05, 0) is 18.4 Å². The maximum absolute atomic E-state index is 11.9. The fourth-order valence-electron chi connectivity index (χ4n) is 1.86. The summed E-state index contributed by atoms with van der Waals surface area (Å²) in [5.41, 5.74) is 0. The molecule has 2 heterocycles. The Hall–Kier alpha value is -1.69. The molecule has 0 aliphatic carbocycles. The lowest BCUT2D eigenvalue weighted by Crippen LogP contribution is -2.55. The zero-order chi connectivity index (χ0) is 13.1. The third-order valence-corrected chi connectivity index (χ3v) is 3.82. The van der Waals surface area contributed by atoms with Crippen LogP contribution in [0.4, 0.5) is 0 Å². The number of carbonyl (C=O) groups excluding carboxylic acids is 3. The van der Waals surface area contributed by atoms with Gasteiger partial charge in [0.05, 0.1) is 11.4 Å². The predicted octanol–water partition coefficient (Wildman–Crippen LogP) is 0.621. The van der Waals surface area contributed by atoms with Crippen LogP contribution in [0.5, 0.6) is 0 Å². The summed E-state index contributed by atoms with van der Waals surface area (Å²) < 4.78 is 0. The van der Waals surface area contributed by atoms with Crippen LogP contribution in [-0.4, -0.2) is 53.6 Å². The van der Waals surface area contributed by atoms with Crippen molar-refractivity contribution in [1.82, 2.24) is 9.80 Å². The summed E-state index contributed by atoms with van der Waals surface area (Å²) >= 11 is 1.34. The van der Waals surface area contributed by atoms with Gasteiger partial charge in [-0.25, -0.2) is 0 Å². The van der Waals surface area contributed by atoms with E-state index in [4.69, 9.17) is 0 Å². The second-order valence-corrected chi connectivity index (χ2v) is 4.96. The molecule has 0 aromatic carbocycles. The fraction of sp³-hybridized carbons (Fsp3) is 0.417. The second kappa shape index (κ2) is 5.30. The van der Waals surface area contributed by atoms with Crippen LogP contribution in [0.25, 0.3) is 0 Å². The van der Waals surface area contributed by atoms with Crippen LogP contribution < -0.4 is 0 Å². The molecule has 0 spiro atoms. The highest BCUT2D eigenvalue weighted by Gasteiger charge is 2.32. The van der Waals surface area contributed by atoms with Crippen molar-refractivity contribution in [3.8, 4) is 0 Å². The number of carbonyl (C=O) groups is 3. The van der Waals surface area contributed by atoms with Gasteiger partial charge >= 0.3 is 11.8 Å². The van der Waals surface area contributed by atoms with Gasteiger partial charge in [0.25, 0.3) is 0 Å². The molecule has 1 fully saturated rings. The van der Waals surface area contributed by atoms with Crippen molar-refractivity contribution in [2.24, 2.45) is 0 Å². The minimum absolute atomic E-state index is 0.0113. The van der Waals surface area contributed by atoms with Crippen LogP contribution in [-0.2, 0) is 9.59 Å². The largest absolute Gasteiger partial charge is 0.333 e. The Labute approximate surface area is 109 Å². The molecule has 1 saturated heterocycles. The van der Waals surface area contributed by atoms with Gasteiger partial charge in [-0.15, -0.1) is 11.3 Å². The third kappa shape index (κ3) is 2.43. The third-order valence-electron chi connectivity index (χ3n) is 2.91. The SMILES string of the molecule is CCN1CCN(CC(=O)c2cccs2)C(=O)C1=O. The van der Waals surface area contributed by atoms with E-state index in [2.05, 4.69) is 0 Å². The molecule has 0 N–H and O–H groups in total. The van der Waals surface area contributed by atoms with Crippen molar-refractivity contribution in [2.75, 3.05) is 26.2 Å². The first kappa shape index (κ1) is 12.8. The topological polar surface area (TPSA) is 57.7 Å². The molecule has 1 aliphatic heterocycles. The molecule has 2 amide bonds. The number of hydrogen-bond donors (Lipinski definition) is 0. The van der Waals surface area contributed by atoms with Gasteiger partial charge in [0.2, 0.25) is 0 Å². The number of rotatable bonds is 4. The summed E-state index contributed by atoms with van der Waals surface area (Å²) in [5, 5.41) is 1.81. The summed E-state index contributed by atoms with van der Waals surface area (Å²) in [6, 6.07) is 3.52. The molecule has 18 heavy (non-hydrogen) atoms. The summed E-state index contributed by atoms with van der Waals surface area (Å²) in [7, 11) is 0. The molecule has 96 valence electrons. The van der Waals surface area contributed by atoms with E-state index in [1.807, 2.05) is 12.3 Å². The fourth-order valence-corrected chi connectivity index (χ4v) is 2.51. The van der Waals surface area contributed by atoms with Gasteiger partial charge in [0, 0.05) is 19.6 Å². The molecule has 1 aliphatic rings. The van der Waals surface area contributed by atoms with E-state index in [0.717, 1.165) is 0 Å². The van der Waals surface area contributed by atoms with Crippen LogP contribution in [0, 0.1) is 0 Å². The smallest absolute Gasteiger partial charge is 0.312 e. The van der Waals surface area contributed by atoms with Crippen LogP contribution >= 0.6 is 11.3 Å². The average molecular weight is 266 g/mol. The van der Waals surface area contributed by atoms with Gasteiger partial charge in [0.1, 0.15) is 0 Å². The molecular formula is C12H14N2O3S. The number of nitrogens with zero attached hydrogens (tertiary/aromatic N) is 2. The quantitative estimate of drug-likeness (QED) is 0.593. The van der Waals surface area contributed by atoms with Gasteiger partial charge in [-0.2, -0.15) is 0 Å². The Balaban J connectivity index is 2.01. The molecule has 0 radical (unpaired) electrons. The van der Waals surface area contributed by atoms with Gasteiger partial charge in [0.15, 0.2) is 5.78 Å².